The first-order valence-corrected chi connectivity index (χ1v) is 7.79. The van der Waals surface area contributed by atoms with Crippen LogP contribution in [0.1, 0.15) is 23.2 Å². The number of benzene rings is 2. The Balaban J connectivity index is 1.59. The summed E-state index contributed by atoms with van der Waals surface area (Å²) < 4.78 is 12.8. The van der Waals surface area contributed by atoms with Gasteiger partial charge in [0, 0.05) is 12.1 Å². The first-order valence-electron chi connectivity index (χ1n) is 7.79. The maximum Gasteiger partial charge on any atom is 0.254 e. The van der Waals surface area contributed by atoms with Crippen molar-refractivity contribution in [2.75, 3.05) is 10.6 Å². The van der Waals surface area contributed by atoms with Crippen LogP contribution in [0.15, 0.2) is 48.5 Å². The number of amides is 3. The fourth-order valence-electron chi connectivity index (χ4n) is 2.55. The number of hydrogen-bond acceptors (Lipinski definition) is 3. The molecule has 0 aromatic heterocycles. The summed E-state index contributed by atoms with van der Waals surface area (Å²) in [7, 11) is 0. The molecule has 3 amide bonds. The highest BCUT2D eigenvalue weighted by Crippen LogP contribution is 2.19. The Kier molecular flexibility index (Phi) is 4.74. The molecule has 25 heavy (non-hydrogen) atoms. The minimum absolute atomic E-state index is 0.0338. The van der Waals surface area contributed by atoms with Crippen LogP contribution in [0, 0.1) is 5.82 Å². The van der Waals surface area contributed by atoms with E-state index in [1.807, 2.05) is 0 Å². The van der Waals surface area contributed by atoms with Gasteiger partial charge in [0.2, 0.25) is 11.8 Å². The standard InChI is InChI=1S/C18H16FN3O3/c19-11-5-7-12(8-6-11)20-16(23)10-9-15-18(25)21-14-4-2-1-3-13(14)17(24)22-15/h1-8,15H,9-10H2,(H,20,23)(H,21,25)(H,22,24)/t15-/m0/s1. The van der Waals surface area contributed by atoms with Gasteiger partial charge in [0.25, 0.3) is 5.91 Å². The van der Waals surface area contributed by atoms with Gasteiger partial charge >= 0.3 is 0 Å². The zero-order valence-electron chi connectivity index (χ0n) is 13.2. The van der Waals surface area contributed by atoms with Crippen LogP contribution in [0.3, 0.4) is 0 Å². The van der Waals surface area contributed by atoms with Gasteiger partial charge in [0.1, 0.15) is 11.9 Å². The topological polar surface area (TPSA) is 87.3 Å². The molecule has 1 aliphatic rings. The summed E-state index contributed by atoms with van der Waals surface area (Å²) in [4.78, 5) is 36.4. The van der Waals surface area contributed by atoms with Crippen molar-refractivity contribution < 1.29 is 18.8 Å². The quantitative estimate of drug-likeness (QED) is 0.797. The minimum Gasteiger partial charge on any atom is -0.340 e. The molecule has 0 fully saturated rings. The number of carbonyl (C=O) groups is 3. The van der Waals surface area contributed by atoms with Crippen LogP contribution in [-0.4, -0.2) is 23.8 Å². The highest BCUT2D eigenvalue weighted by molar-refractivity contribution is 6.09. The third-order valence-corrected chi connectivity index (χ3v) is 3.84. The average Bonchev–Trinajstić information content (AvgIpc) is 2.72. The Morgan fingerprint density at radius 3 is 2.56 bits per heavy atom. The number of rotatable bonds is 4. The first-order chi connectivity index (χ1) is 12.0. The van der Waals surface area contributed by atoms with Gasteiger partial charge < -0.3 is 16.0 Å². The second kappa shape index (κ2) is 7.12. The zero-order valence-corrected chi connectivity index (χ0v) is 13.2. The van der Waals surface area contributed by atoms with Gasteiger partial charge in [0.15, 0.2) is 0 Å². The van der Waals surface area contributed by atoms with Crippen LogP contribution in [-0.2, 0) is 9.59 Å². The smallest absolute Gasteiger partial charge is 0.254 e. The van der Waals surface area contributed by atoms with Gasteiger partial charge in [0.05, 0.1) is 11.3 Å². The van der Waals surface area contributed by atoms with Crippen molar-refractivity contribution in [3.8, 4) is 0 Å². The molecular formula is C18H16FN3O3. The molecule has 2 aromatic carbocycles. The summed E-state index contributed by atoms with van der Waals surface area (Å²) in [6, 6.07) is 11.3. The van der Waals surface area contributed by atoms with E-state index in [0.29, 0.717) is 16.9 Å². The second-order valence-electron chi connectivity index (χ2n) is 5.65. The normalized spacial score (nSPS) is 16.3. The van der Waals surface area contributed by atoms with E-state index in [1.165, 1.54) is 24.3 Å². The second-order valence-corrected chi connectivity index (χ2v) is 5.65. The Hall–Kier alpha value is -3.22. The molecule has 0 saturated carbocycles. The van der Waals surface area contributed by atoms with Gasteiger partial charge in [-0.05, 0) is 42.8 Å². The van der Waals surface area contributed by atoms with Crippen molar-refractivity contribution in [1.82, 2.24) is 5.32 Å². The van der Waals surface area contributed by atoms with Gasteiger partial charge in [-0.15, -0.1) is 0 Å². The molecule has 0 spiro atoms. The molecule has 0 saturated heterocycles. The molecule has 1 heterocycles. The molecule has 0 aliphatic carbocycles. The molecule has 2 aromatic rings. The molecular weight excluding hydrogens is 325 g/mol. The lowest BCUT2D eigenvalue weighted by atomic mass is 10.1. The predicted octanol–water partition coefficient (Wildman–Crippen LogP) is 2.30. The Bertz CT molecular complexity index is 821. The molecule has 3 N–H and O–H groups in total. The number of carbonyl (C=O) groups excluding carboxylic acids is 3. The van der Waals surface area contributed by atoms with E-state index in [0.717, 1.165) is 0 Å². The first kappa shape index (κ1) is 16.6. The summed E-state index contributed by atoms with van der Waals surface area (Å²) >= 11 is 0. The van der Waals surface area contributed by atoms with E-state index in [1.54, 1.807) is 24.3 Å². The molecule has 6 nitrogen and oxygen atoms in total. The SMILES string of the molecule is O=C(CC[C@@H]1NC(=O)c2ccccc2NC1=O)Nc1ccc(F)cc1. The molecule has 0 bridgehead atoms. The third-order valence-electron chi connectivity index (χ3n) is 3.84. The molecule has 7 heteroatoms. The zero-order chi connectivity index (χ0) is 17.8. The monoisotopic (exact) mass is 341 g/mol. The summed E-state index contributed by atoms with van der Waals surface area (Å²) in [6.07, 6.45) is 0.185. The maximum atomic E-state index is 12.8. The van der Waals surface area contributed by atoms with Crippen LogP contribution in [0.5, 0.6) is 0 Å². The van der Waals surface area contributed by atoms with E-state index in [4.69, 9.17) is 0 Å². The Labute approximate surface area is 143 Å². The van der Waals surface area contributed by atoms with E-state index in [-0.39, 0.29) is 30.6 Å². The van der Waals surface area contributed by atoms with E-state index >= 15 is 0 Å². The molecule has 0 unspecified atom stereocenters. The van der Waals surface area contributed by atoms with Gasteiger partial charge in [-0.2, -0.15) is 0 Å². The van der Waals surface area contributed by atoms with E-state index in [9.17, 15) is 18.8 Å². The summed E-state index contributed by atoms with van der Waals surface area (Å²) in [5.41, 5.74) is 1.30. The predicted molar refractivity (Wildman–Crippen MR) is 90.6 cm³/mol. The minimum atomic E-state index is -0.807. The summed E-state index contributed by atoms with van der Waals surface area (Å²) in [5, 5.41) is 7.94. The largest absolute Gasteiger partial charge is 0.340 e. The van der Waals surface area contributed by atoms with Crippen LogP contribution in [0.2, 0.25) is 0 Å². The van der Waals surface area contributed by atoms with Gasteiger partial charge in [-0.3, -0.25) is 14.4 Å². The number of nitrogens with one attached hydrogen (secondary N) is 3. The van der Waals surface area contributed by atoms with Crippen molar-refractivity contribution in [3.05, 3.63) is 59.9 Å². The molecule has 3 rings (SSSR count). The number of para-hydroxylation sites is 1. The van der Waals surface area contributed by atoms with Crippen LogP contribution >= 0.6 is 0 Å². The van der Waals surface area contributed by atoms with Gasteiger partial charge in [-0.25, -0.2) is 4.39 Å². The van der Waals surface area contributed by atoms with Crippen molar-refractivity contribution in [1.29, 1.82) is 0 Å². The van der Waals surface area contributed by atoms with E-state index in [2.05, 4.69) is 16.0 Å². The fraction of sp³-hybridized carbons (Fsp3) is 0.167. The maximum absolute atomic E-state index is 12.8. The van der Waals surface area contributed by atoms with Crippen molar-refractivity contribution in [3.63, 3.8) is 0 Å². The molecule has 128 valence electrons. The number of fused-ring (bicyclic) bond motifs is 1. The lowest BCUT2D eigenvalue weighted by Gasteiger charge is -2.14. The Morgan fingerprint density at radius 2 is 1.80 bits per heavy atom. The lowest BCUT2D eigenvalue weighted by molar-refractivity contribution is -0.118. The van der Waals surface area contributed by atoms with Crippen molar-refractivity contribution >= 4 is 29.1 Å². The highest BCUT2D eigenvalue weighted by Gasteiger charge is 2.27. The Morgan fingerprint density at radius 1 is 1.08 bits per heavy atom. The summed E-state index contributed by atoms with van der Waals surface area (Å²) in [5.74, 6) is -1.45. The number of halogens is 1. The molecule has 1 aliphatic heterocycles. The average molecular weight is 341 g/mol. The fourth-order valence-corrected chi connectivity index (χ4v) is 2.55. The lowest BCUT2D eigenvalue weighted by Crippen LogP contribution is -2.41. The highest BCUT2D eigenvalue weighted by atomic mass is 19.1. The summed E-state index contributed by atoms with van der Waals surface area (Å²) in [6.45, 7) is 0. The van der Waals surface area contributed by atoms with Crippen molar-refractivity contribution in [2.45, 2.75) is 18.9 Å². The van der Waals surface area contributed by atoms with E-state index < -0.39 is 11.9 Å². The van der Waals surface area contributed by atoms with Crippen LogP contribution in [0.4, 0.5) is 15.8 Å². The van der Waals surface area contributed by atoms with Crippen molar-refractivity contribution in [2.24, 2.45) is 0 Å². The molecule has 0 radical (unpaired) electrons. The number of anilines is 2. The van der Waals surface area contributed by atoms with Crippen LogP contribution in [0.25, 0.3) is 0 Å². The number of hydrogen-bond donors (Lipinski definition) is 3. The van der Waals surface area contributed by atoms with Gasteiger partial charge in [-0.1, -0.05) is 12.1 Å². The molecule has 1 atom stereocenters. The van der Waals surface area contributed by atoms with Crippen LogP contribution < -0.4 is 16.0 Å². The third kappa shape index (κ3) is 4.00.